The molecule has 21 heavy (non-hydrogen) atoms. The topological polar surface area (TPSA) is 12.4 Å². The van der Waals surface area contributed by atoms with Gasteiger partial charge in [0.05, 0.1) is 0 Å². The number of hydrogen-bond acceptors (Lipinski definition) is 1. The summed E-state index contributed by atoms with van der Waals surface area (Å²) in [6.07, 6.45) is 2.20. The number of hydrogen-bond donors (Lipinski definition) is 0. The molecule has 1 unspecified atom stereocenters. The van der Waals surface area contributed by atoms with Crippen LogP contribution in [0.4, 0.5) is 0 Å². The Morgan fingerprint density at radius 3 is 2.14 bits per heavy atom. The third-order valence-corrected chi connectivity index (χ3v) is 4.32. The summed E-state index contributed by atoms with van der Waals surface area (Å²) < 4.78 is 0. The Bertz CT molecular complexity index is 621. The molecule has 0 aromatic heterocycles. The number of rotatable bonds is 2. The molecule has 1 atom stereocenters. The highest BCUT2D eigenvalue weighted by Gasteiger charge is 2.23. The third-order valence-electron chi connectivity index (χ3n) is 4.32. The number of nitrogens with zero attached hydrogens (tertiary/aromatic N) is 1. The van der Waals surface area contributed by atoms with Gasteiger partial charge in [-0.1, -0.05) is 73.2 Å². The molecule has 0 spiro atoms. The second kappa shape index (κ2) is 6.17. The van der Waals surface area contributed by atoms with Crippen LogP contribution in [0.3, 0.4) is 0 Å². The van der Waals surface area contributed by atoms with E-state index in [9.17, 15) is 0 Å². The van der Waals surface area contributed by atoms with Gasteiger partial charge in [-0.2, -0.15) is 0 Å². The van der Waals surface area contributed by atoms with Crippen molar-refractivity contribution in [3.63, 3.8) is 0 Å². The van der Waals surface area contributed by atoms with Crippen LogP contribution in [-0.2, 0) is 5.41 Å². The lowest BCUT2D eigenvalue weighted by atomic mass is 9.78. The molecule has 1 nitrogen and oxygen atoms in total. The van der Waals surface area contributed by atoms with Gasteiger partial charge < -0.3 is 0 Å². The first-order chi connectivity index (χ1) is 9.46. The maximum absolute atomic E-state index is 4.52. The first-order valence-electron chi connectivity index (χ1n) is 7.74. The van der Waals surface area contributed by atoms with E-state index in [4.69, 9.17) is 0 Å². The van der Waals surface area contributed by atoms with Crippen LogP contribution in [0.25, 0.3) is 12.7 Å². The molecule has 1 aromatic rings. The van der Waals surface area contributed by atoms with E-state index in [1.54, 1.807) is 0 Å². The summed E-state index contributed by atoms with van der Waals surface area (Å²) in [4.78, 5) is 4.52. The van der Waals surface area contributed by atoms with Gasteiger partial charge >= 0.3 is 0 Å². The number of aliphatic imine (C=N–C) groups is 1. The molecule has 0 saturated carbocycles. The monoisotopic (exact) mass is 285 g/mol. The summed E-state index contributed by atoms with van der Waals surface area (Å²) in [5.41, 5.74) is 2.82. The van der Waals surface area contributed by atoms with E-state index in [2.05, 4.69) is 84.3 Å². The molecule has 0 fully saturated rings. The highest BCUT2D eigenvalue weighted by molar-refractivity contribution is 6.11. The van der Waals surface area contributed by atoms with Gasteiger partial charge in [0.2, 0.25) is 0 Å². The zero-order valence-corrected chi connectivity index (χ0v) is 15.0. The van der Waals surface area contributed by atoms with E-state index in [-0.39, 0.29) is 10.8 Å². The molecule has 1 heteroatoms. The summed E-state index contributed by atoms with van der Waals surface area (Å²) in [6, 6.07) is 6.54. The maximum Gasteiger partial charge on any atom is 0.0384 e. The van der Waals surface area contributed by atoms with Gasteiger partial charge in [-0.3, -0.25) is 4.99 Å². The molecule has 1 rings (SSSR count). The quantitative estimate of drug-likeness (QED) is 0.730. The van der Waals surface area contributed by atoms with Gasteiger partial charge in [-0.25, -0.2) is 0 Å². The van der Waals surface area contributed by atoms with Gasteiger partial charge in [0.25, 0.3) is 0 Å². The highest BCUT2D eigenvalue weighted by atomic mass is 14.7. The molecule has 0 aliphatic carbocycles. The SMILES string of the molecule is C=c1ccc(C(C)(C)C)c/c1=C/C(=N\C)C(C)C(C)(C)C. The van der Waals surface area contributed by atoms with Crippen LogP contribution < -0.4 is 10.4 Å². The number of benzene rings is 1. The van der Waals surface area contributed by atoms with Crippen molar-refractivity contribution in [3.8, 4) is 0 Å². The van der Waals surface area contributed by atoms with Crippen molar-refractivity contribution in [1.82, 2.24) is 0 Å². The van der Waals surface area contributed by atoms with Crippen molar-refractivity contribution in [2.75, 3.05) is 7.05 Å². The van der Waals surface area contributed by atoms with Crippen LogP contribution in [0.5, 0.6) is 0 Å². The molecule has 0 amide bonds. The Morgan fingerprint density at radius 2 is 1.71 bits per heavy atom. The van der Waals surface area contributed by atoms with E-state index in [0.29, 0.717) is 5.92 Å². The van der Waals surface area contributed by atoms with E-state index < -0.39 is 0 Å². The van der Waals surface area contributed by atoms with E-state index >= 15 is 0 Å². The fourth-order valence-corrected chi connectivity index (χ4v) is 2.18. The van der Waals surface area contributed by atoms with Crippen molar-refractivity contribution >= 4 is 18.4 Å². The Balaban J connectivity index is 3.41. The standard InChI is InChI=1S/C20H31N/c1-14-10-11-17(20(6,7)8)12-16(14)13-18(21-9)15(2)19(3,4)5/h10-13,15H,1H2,2-9H3/b16-13-,21-18+. The second-order valence-electron chi connectivity index (χ2n) is 8.04. The van der Waals surface area contributed by atoms with Crippen LogP contribution in [0.1, 0.15) is 54.0 Å². The van der Waals surface area contributed by atoms with Crippen LogP contribution in [-0.4, -0.2) is 12.8 Å². The lowest BCUT2D eigenvalue weighted by Crippen LogP contribution is -2.31. The van der Waals surface area contributed by atoms with E-state index in [1.165, 1.54) is 10.8 Å². The fraction of sp³-hybridized carbons (Fsp3) is 0.550. The van der Waals surface area contributed by atoms with Crippen LogP contribution in [0, 0.1) is 11.3 Å². The highest BCUT2D eigenvalue weighted by Crippen LogP contribution is 2.27. The Morgan fingerprint density at radius 1 is 1.14 bits per heavy atom. The van der Waals surface area contributed by atoms with Gasteiger partial charge in [0.1, 0.15) is 0 Å². The summed E-state index contributed by atoms with van der Waals surface area (Å²) in [5.74, 6) is 0.403. The molecule has 0 aliphatic heterocycles. The molecular formula is C20H31N. The Kier molecular flexibility index (Phi) is 5.20. The summed E-state index contributed by atoms with van der Waals surface area (Å²) in [7, 11) is 1.88. The predicted octanol–water partition coefficient (Wildman–Crippen LogP) is 3.93. The van der Waals surface area contributed by atoms with Crippen LogP contribution in [0.2, 0.25) is 0 Å². The predicted molar refractivity (Wildman–Crippen MR) is 96.4 cm³/mol. The summed E-state index contributed by atoms with van der Waals surface area (Å²) in [5, 5.41) is 2.24. The zero-order chi connectivity index (χ0) is 16.4. The largest absolute Gasteiger partial charge is 0.293 e. The molecule has 0 bridgehead atoms. The third kappa shape index (κ3) is 4.56. The first-order valence-corrected chi connectivity index (χ1v) is 7.74. The Hall–Kier alpha value is -1.37. The minimum absolute atomic E-state index is 0.148. The maximum atomic E-state index is 4.52. The van der Waals surface area contributed by atoms with Crippen LogP contribution >= 0.6 is 0 Å². The smallest absolute Gasteiger partial charge is 0.0384 e. The average Bonchev–Trinajstić information content (AvgIpc) is 2.34. The van der Waals surface area contributed by atoms with Gasteiger partial charge in [0.15, 0.2) is 0 Å². The molecule has 0 saturated heterocycles. The average molecular weight is 285 g/mol. The minimum atomic E-state index is 0.148. The Labute approximate surface area is 130 Å². The molecule has 116 valence electrons. The van der Waals surface area contributed by atoms with Crippen molar-refractivity contribution in [1.29, 1.82) is 0 Å². The first kappa shape index (κ1) is 17.7. The van der Waals surface area contributed by atoms with E-state index in [1.807, 2.05) is 7.05 Å². The molecule has 1 aromatic carbocycles. The van der Waals surface area contributed by atoms with Crippen LogP contribution in [0.15, 0.2) is 23.2 Å². The summed E-state index contributed by atoms with van der Waals surface area (Å²) >= 11 is 0. The molecule has 0 heterocycles. The molecule has 0 radical (unpaired) electrons. The van der Waals surface area contributed by atoms with Crippen molar-refractivity contribution in [2.45, 2.75) is 53.9 Å². The summed E-state index contributed by atoms with van der Waals surface area (Å²) in [6.45, 7) is 19.9. The second-order valence-corrected chi connectivity index (χ2v) is 8.04. The minimum Gasteiger partial charge on any atom is -0.293 e. The molecule has 0 N–H and O–H groups in total. The van der Waals surface area contributed by atoms with Gasteiger partial charge in [0, 0.05) is 18.7 Å². The molecule has 0 aliphatic rings. The van der Waals surface area contributed by atoms with E-state index in [0.717, 1.165) is 10.9 Å². The van der Waals surface area contributed by atoms with Gasteiger partial charge in [-0.15, -0.1) is 0 Å². The zero-order valence-electron chi connectivity index (χ0n) is 15.0. The van der Waals surface area contributed by atoms with Crippen molar-refractivity contribution < 1.29 is 0 Å². The lowest BCUT2D eigenvalue weighted by molar-refractivity contribution is 0.335. The molecular weight excluding hydrogens is 254 g/mol. The van der Waals surface area contributed by atoms with Crippen molar-refractivity contribution in [3.05, 3.63) is 34.2 Å². The fourth-order valence-electron chi connectivity index (χ4n) is 2.18. The lowest BCUT2D eigenvalue weighted by Gasteiger charge is -2.27. The normalized spacial score (nSPS) is 16.2. The van der Waals surface area contributed by atoms with Crippen molar-refractivity contribution in [2.24, 2.45) is 16.3 Å². The van der Waals surface area contributed by atoms with Gasteiger partial charge in [-0.05, 0) is 32.9 Å².